The summed E-state index contributed by atoms with van der Waals surface area (Å²) in [4.78, 5) is 12.1. The van der Waals surface area contributed by atoms with E-state index in [-0.39, 0.29) is 12.5 Å². The van der Waals surface area contributed by atoms with Crippen LogP contribution in [0.1, 0.15) is 26.7 Å². The molecule has 1 amide bonds. The topological polar surface area (TPSA) is 56.8 Å². The van der Waals surface area contributed by atoms with Crippen molar-refractivity contribution in [3.8, 4) is 17.2 Å². The molecule has 2 aromatic rings. The van der Waals surface area contributed by atoms with Crippen molar-refractivity contribution < 1.29 is 23.4 Å². The molecule has 0 heterocycles. The van der Waals surface area contributed by atoms with Gasteiger partial charge in [-0.05, 0) is 37.1 Å². The Hall–Kier alpha value is -2.76. The third-order valence-electron chi connectivity index (χ3n) is 3.32. The van der Waals surface area contributed by atoms with E-state index in [1.54, 1.807) is 24.3 Å². The Morgan fingerprint density at radius 3 is 2.38 bits per heavy atom. The number of ether oxygens (including phenoxy) is 3. The predicted octanol–water partition coefficient (Wildman–Crippen LogP) is 4.42. The number of halogens is 1. The number of nitrogens with one attached hydrogen (secondary N) is 1. The molecule has 0 aliphatic rings. The van der Waals surface area contributed by atoms with Crippen LogP contribution in [0.3, 0.4) is 0 Å². The van der Waals surface area contributed by atoms with Crippen LogP contribution in [0.15, 0.2) is 42.5 Å². The van der Waals surface area contributed by atoms with Gasteiger partial charge < -0.3 is 19.5 Å². The van der Waals surface area contributed by atoms with Crippen LogP contribution >= 0.6 is 0 Å². The van der Waals surface area contributed by atoms with Crippen LogP contribution in [0.5, 0.6) is 17.2 Å². The van der Waals surface area contributed by atoms with Crippen molar-refractivity contribution in [2.75, 3.05) is 25.1 Å². The highest BCUT2D eigenvalue weighted by Crippen LogP contribution is 2.31. The smallest absolute Gasteiger partial charge is 0.262 e. The third kappa shape index (κ3) is 6.27. The molecule has 0 aliphatic heterocycles. The average Bonchev–Trinajstić information content (AvgIpc) is 2.64. The van der Waals surface area contributed by atoms with Crippen LogP contribution in [0, 0.1) is 5.82 Å². The fourth-order valence-electron chi connectivity index (χ4n) is 2.14. The third-order valence-corrected chi connectivity index (χ3v) is 3.32. The highest BCUT2D eigenvalue weighted by atomic mass is 19.1. The summed E-state index contributed by atoms with van der Waals surface area (Å²) >= 11 is 0. The first-order valence-corrected chi connectivity index (χ1v) is 8.70. The lowest BCUT2D eigenvalue weighted by Crippen LogP contribution is -2.20. The minimum Gasteiger partial charge on any atom is -0.490 e. The van der Waals surface area contributed by atoms with Gasteiger partial charge in [-0.3, -0.25) is 4.79 Å². The number of amides is 1. The second-order valence-electron chi connectivity index (χ2n) is 5.65. The molecule has 140 valence electrons. The molecule has 26 heavy (non-hydrogen) atoms. The van der Waals surface area contributed by atoms with Gasteiger partial charge in [-0.2, -0.15) is 0 Å². The Morgan fingerprint density at radius 2 is 1.69 bits per heavy atom. The number of benzene rings is 2. The van der Waals surface area contributed by atoms with Crippen LogP contribution in [-0.4, -0.2) is 25.7 Å². The summed E-state index contributed by atoms with van der Waals surface area (Å²) in [6.45, 7) is 4.97. The molecule has 6 heteroatoms. The minimum atomic E-state index is -0.414. The van der Waals surface area contributed by atoms with Crippen LogP contribution in [0.25, 0.3) is 0 Å². The Balaban J connectivity index is 1.97. The van der Waals surface area contributed by atoms with Crippen LogP contribution in [0.4, 0.5) is 10.1 Å². The van der Waals surface area contributed by atoms with Gasteiger partial charge in [-0.1, -0.05) is 19.9 Å². The molecule has 2 rings (SSSR count). The summed E-state index contributed by atoms with van der Waals surface area (Å²) in [5, 5.41) is 2.73. The van der Waals surface area contributed by atoms with Gasteiger partial charge in [0.15, 0.2) is 18.1 Å². The number of hydrogen-bond donors (Lipinski definition) is 1. The first-order valence-electron chi connectivity index (χ1n) is 8.70. The lowest BCUT2D eigenvalue weighted by Gasteiger charge is -2.14. The molecule has 0 fully saturated rings. The van der Waals surface area contributed by atoms with E-state index < -0.39 is 5.82 Å². The molecule has 0 bridgehead atoms. The van der Waals surface area contributed by atoms with Gasteiger partial charge in [0, 0.05) is 17.8 Å². The predicted molar refractivity (Wildman–Crippen MR) is 98.5 cm³/mol. The van der Waals surface area contributed by atoms with E-state index in [4.69, 9.17) is 14.2 Å². The van der Waals surface area contributed by atoms with Crippen molar-refractivity contribution in [2.24, 2.45) is 0 Å². The second-order valence-corrected chi connectivity index (χ2v) is 5.65. The summed E-state index contributed by atoms with van der Waals surface area (Å²) in [7, 11) is 0. The molecule has 0 saturated carbocycles. The quantitative estimate of drug-likeness (QED) is 0.680. The number of rotatable bonds is 10. The summed E-state index contributed by atoms with van der Waals surface area (Å²) < 4.78 is 29.8. The molecule has 0 saturated heterocycles. The Kier molecular flexibility index (Phi) is 7.74. The summed E-state index contributed by atoms with van der Waals surface area (Å²) in [6, 6.07) is 10.9. The van der Waals surface area contributed by atoms with Crippen molar-refractivity contribution in [1.82, 2.24) is 0 Å². The maximum Gasteiger partial charge on any atom is 0.262 e. The summed E-state index contributed by atoms with van der Waals surface area (Å²) in [6.07, 6.45) is 1.76. The molecule has 1 N–H and O–H groups in total. The zero-order valence-electron chi connectivity index (χ0n) is 15.1. The van der Waals surface area contributed by atoms with Gasteiger partial charge in [0.05, 0.1) is 13.2 Å². The minimum absolute atomic E-state index is 0.220. The average molecular weight is 361 g/mol. The van der Waals surface area contributed by atoms with Gasteiger partial charge in [0.25, 0.3) is 5.91 Å². The summed E-state index contributed by atoms with van der Waals surface area (Å²) in [5.41, 5.74) is 0.577. The molecule has 0 spiro atoms. The molecule has 0 aromatic heterocycles. The monoisotopic (exact) mass is 361 g/mol. The maximum atomic E-state index is 13.1. The maximum absolute atomic E-state index is 13.1. The van der Waals surface area contributed by atoms with Gasteiger partial charge in [0.2, 0.25) is 0 Å². The normalized spacial score (nSPS) is 10.3. The van der Waals surface area contributed by atoms with E-state index in [0.29, 0.717) is 36.1 Å². The first-order chi connectivity index (χ1) is 12.6. The molecule has 0 atom stereocenters. The van der Waals surface area contributed by atoms with E-state index in [9.17, 15) is 9.18 Å². The Morgan fingerprint density at radius 1 is 0.962 bits per heavy atom. The molecular weight excluding hydrogens is 337 g/mol. The van der Waals surface area contributed by atoms with Crippen LogP contribution in [-0.2, 0) is 4.79 Å². The number of carbonyl (C=O) groups is 1. The number of hydrogen-bond acceptors (Lipinski definition) is 4. The molecule has 0 unspecified atom stereocenters. The largest absolute Gasteiger partial charge is 0.490 e. The SMILES string of the molecule is CCCOc1ccc(NC(=O)COc2cccc(F)c2)cc1OCCC. The number of carbonyl (C=O) groups excluding carboxylic acids is 1. The van der Waals surface area contributed by atoms with Gasteiger partial charge in [-0.15, -0.1) is 0 Å². The van der Waals surface area contributed by atoms with Gasteiger partial charge in [0.1, 0.15) is 11.6 Å². The highest BCUT2D eigenvalue weighted by Gasteiger charge is 2.10. The van der Waals surface area contributed by atoms with Crippen molar-refractivity contribution in [1.29, 1.82) is 0 Å². The standard InChI is InChI=1S/C20H24FNO4/c1-3-10-24-18-9-8-16(13-19(18)25-11-4-2)22-20(23)14-26-17-7-5-6-15(21)12-17/h5-9,12-13H,3-4,10-11,14H2,1-2H3,(H,22,23). The molecule has 0 radical (unpaired) electrons. The Bertz CT molecular complexity index is 721. The lowest BCUT2D eigenvalue weighted by atomic mass is 10.2. The van der Waals surface area contributed by atoms with Crippen molar-refractivity contribution >= 4 is 11.6 Å². The molecular formula is C20H24FNO4. The van der Waals surface area contributed by atoms with E-state index >= 15 is 0 Å². The van der Waals surface area contributed by atoms with E-state index in [2.05, 4.69) is 5.32 Å². The Labute approximate surface area is 153 Å². The summed E-state index contributed by atoms with van der Waals surface area (Å²) in [5.74, 6) is 0.773. The highest BCUT2D eigenvalue weighted by molar-refractivity contribution is 5.92. The fraction of sp³-hybridized carbons (Fsp3) is 0.350. The van der Waals surface area contributed by atoms with Crippen LogP contribution < -0.4 is 19.5 Å². The zero-order chi connectivity index (χ0) is 18.8. The first kappa shape index (κ1) is 19.6. The molecule has 2 aromatic carbocycles. The van der Waals surface area contributed by atoms with Crippen molar-refractivity contribution in [2.45, 2.75) is 26.7 Å². The van der Waals surface area contributed by atoms with Crippen molar-refractivity contribution in [3.63, 3.8) is 0 Å². The van der Waals surface area contributed by atoms with Gasteiger partial charge in [-0.25, -0.2) is 4.39 Å². The van der Waals surface area contributed by atoms with Gasteiger partial charge >= 0.3 is 0 Å². The van der Waals surface area contributed by atoms with Crippen LogP contribution in [0.2, 0.25) is 0 Å². The number of anilines is 1. The van der Waals surface area contributed by atoms with E-state index in [1.165, 1.54) is 18.2 Å². The molecule has 0 aliphatic carbocycles. The second kappa shape index (κ2) is 10.3. The van der Waals surface area contributed by atoms with E-state index in [1.807, 2.05) is 13.8 Å². The zero-order valence-corrected chi connectivity index (χ0v) is 15.1. The fourth-order valence-corrected chi connectivity index (χ4v) is 2.14. The van der Waals surface area contributed by atoms with Crippen molar-refractivity contribution in [3.05, 3.63) is 48.3 Å². The lowest BCUT2D eigenvalue weighted by molar-refractivity contribution is -0.118. The van der Waals surface area contributed by atoms with E-state index in [0.717, 1.165) is 12.8 Å². The molecule has 5 nitrogen and oxygen atoms in total.